The molecule has 7 nitrogen and oxygen atoms in total. The Hall–Kier alpha value is -2.57. The monoisotopic (exact) mass is 407 g/mol. The molecule has 0 bridgehead atoms. The van der Waals surface area contributed by atoms with Gasteiger partial charge in [-0.3, -0.25) is 0 Å². The maximum atomic E-state index is 12.8. The van der Waals surface area contributed by atoms with E-state index in [-0.39, 0.29) is 13.0 Å². The molecule has 1 rings (SSSR count). The number of hydrogen-bond acceptors (Lipinski definition) is 6. The maximum Gasteiger partial charge on any atom is 0.420 e. The van der Waals surface area contributed by atoms with Gasteiger partial charge in [0.15, 0.2) is 0 Å². The van der Waals surface area contributed by atoms with E-state index in [1.807, 2.05) is 37.3 Å². The van der Waals surface area contributed by atoms with Crippen LogP contribution in [0.25, 0.3) is 0 Å². The summed E-state index contributed by atoms with van der Waals surface area (Å²) in [6.45, 7) is 12.0. The zero-order valence-corrected chi connectivity index (χ0v) is 18.5. The highest BCUT2D eigenvalue weighted by Gasteiger charge is 2.40. The lowest BCUT2D eigenvalue weighted by Gasteiger charge is -2.32. The molecule has 0 aliphatic carbocycles. The van der Waals surface area contributed by atoms with Gasteiger partial charge in [0.05, 0.1) is 0 Å². The summed E-state index contributed by atoms with van der Waals surface area (Å²) in [5, 5.41) is 0. The Morgan fingerprint density at radius 2 is 1.38 bits per heavy atom. The second-order valence-electron chi connectivity index (χ2n) is 8.73. The number of imide groups is 1. The highest BCUT2D eigenvalue weighted by molar-refractivity contribution is 5.94. The van der Waals surface area contributed by atoms with Gasteiger partial charge in [-0.25, -0.2) is 14.4 Å². The van der Waals surface area contributed by atoms with Crippen molar-refractivity contribution in [1.82, 2.24) is 4.90 Å². The van der Waals surface area contributed by atoms with Crippen LogP contribution in [0.3, 0.4) is 0 Å². The number of ether oxygens (including phenoxy) is 3. The van der Waals surface area contributed by atoms with Gasteiger partial charge >= 0.3 is 18.2 Å². The smallest absolute Gasteiger partial charge is 0.420 e. The molecule has 1 aromatic rings. The molecular formula is C22H33NO6. The number of rotatable bonds is 6. The molecule has 0 spiro atoms. The SMILES string of the molecule is CCC[C@@H](C(=O)OCc1ccccc1)N(C(=O)OC(C)(C)C)C(=O)OC(C)(C)C. The Balaban J connectivity index is 3.10. The van der Waals surface area contributed by atoms with Crippen molar-refractivity contribution in [2.45, 2.75) is 85.2 Å². The van der Waals surface area contributed by atoms with Gasteiger partial charge in [0.1, 0.15) is 23.9 Å². The van der Waals surface area contributed by atoms with E-state index >= 15 is 0 Å². The van der Waals surface area contributed by atoms with Crippen LogP contribution in [0.2, 0.25) is 0 Å². The number of amides is 2. The lowest BCUT2D eigenvalue weighted by Crippen LogP contribution is -2.52. The first-order valence-electron chi connectivity index (χ1n) is 9.80. The van der Waals surface area contributed by atoms with Crippen LogP contribution in [0, 0.1) is 0 Å². The lowest BCUT2D eigenvalue weighted by molar-refractivity contribution is -0.151. The van der Waals surface area contributed by atoms with Crippen molar-refractivity contribution >= 4 is 18.2 Å². The molecule has 0 saturated carbocycles. The van der Waals surface area contributed by atoms with Crippen molar-refractivity contribution < 1.29 is 28.6 Å². The second-order valence-corrected chi connectivity index (χ2v) is 8.73. The third-order valence-corrected chi connectivity index (χ3v) is 3.55. The van der Waals surface area contributed by atoms with Crippen LogP contribution in [0.5, 0.6) is 0 Å². The highest BCUT2D eigenvalue weighted by Crippen LogP contribution is 2.20. The molecule has 2 amide bonds. The summed E-state index contributed by atoms with van der Waals surface area (Å²) in [6, 6.07) is 8.02. The van der Waals surface area contributed by atoms with E-state index in [1.54, 1.807) is 41.5 Å². The molecule has 7 heteroatoms. The number of hydrogen-bond donors (Lipinski definition) is 0. The summed E-state index contributed by atoms with van der Waals surface area (Å²) in [6.07, 6.45) is -1.11. The van der Waals surface area contributed by atoms with Crippen LogP contribution in [0.1, 0.15) is 66.9 Å². The van der Waals surface area contributed by atoms with Gasteiger partial charge in [0, 0.05) is 0 Å². The average Bonchev–Trinajstić information content (AvgIpc) is 2.57. The number of esters is 1. The molecule has 29 heavy (non-hydrogen) atoms. The number of carbonyl (C=O) groups excluding carboxylic acids is 3. The van der Waals surface area contributed by atoms with Crippen LogP contribution >= 0.6 is 0 Å². The van der Waals surface area contributed by atoms with Crippen LogP contribution in [-0.4, -0.2) is 40.3 Å². The predicted molar refractivity (Wildman–Crippen MR) is 109 cm³/mol. The maximum absolute atomic E-state index is 12.8. The standard InChI is InChI=1S/C22H33NO6/c1-8-12-17(18(24)27-15-16-13-10-9-11-14-16)23(19(25)28-21(2,3)4)20(26)29-22(5,6)7/h9-11,13-14,17H,8,12,15H2,1-7H3/t17-/m0/s1. The fourth-order valence-electron chi connectivity index (χ4n) is 2.40. The Morgan fingerprint density at radius 3 is 1.79 bits per heavy atom. The van der Waals surface area contributed by atoms with Gasteiger partial charge in [0.25, 0.3) is 0 Å². The van der Waals surface area contributed by atoms with E-state index in [1.165, 1.54) is 0 Å². The molecule has 0 unspecified atom stereocenters. The van der Waals surface area contributed by atoms with E-state index in [0.29, 0.717) is 6.42 Å². The molecule has 0 heterocycles. The fraction of sp³-hybridized carbons (Fsp3) is 0.591. The summed E-state index contributed by atoms with van der Waals surface area (Å²) in [5.41, 5.74) is -0.887. The molecule has 162 valence electrons. The Labute approximate surface area is 173 Å². The minimum atomic E-state index is -1.14. The highest BCUT2D eigenvalue weighted by atomic mass is 16.6. The van der Waals surface area contributed by atoms with Crippen LogP contribution in [0.4, 0.5) is 9.59 Å². The van der Waals surface area contributed by atoms with E-state index in [0.717, 1.165) is 10.5 Å². The first-order chi connectivity index (χ1) is 13.3. The molecule has 0 aliphatic rings. The summed E-state index contributed by atoms with van der Waals surface area (Å²) in [5.74, 6) is -0.688. The van der Waals surface area contributed by atoms with Crippen molar-refractivity contribution in [3.05, 3.63) is 35.9 Å². The van der Waals surface area contributed by atoms with Crippen molar-refractivity contribution in [3.8, 4) is 0 Å². The quantitative estimate of drug-likeness (QED) is 0.484. The first-order valence-corrected chi connectivity index (χ1v) is 9.80. The number of benzene rings is 1. The minimum Gasteiger partial charge on any atom is -0.459 e. The number of carbonyl (C=O) groups is 3. The fourth-order valence-corrected chi connectivity index (χ4v) is 2.40. The van der Waals surface area contributed by atoms with Gasteiger partial charge in [-0.1, -0.05) is 43.7 Å². The molecular weight excluding hydrogens is 374 g/mol. The van der Waals surface area contributed by atoms with E-state index < -0.39 is 35.4 Å². The zero-order chi connectivity index (χ0) is 22.2. The zero-order valence-electron chi connectivity index (χ0n) is 18.5. The summed E-state index contributed by atoms with van der Waals surface area (Å²) < 4.78 is 16.1. The lowest BCUT2D eigenvalue weighted by atomic mass is 10.1. The molecule has 0 fully saturated rings. The Morgan fingerprint density at radius 1 is 0.897 bits per heavy atom. The third kappa shape index (κ3) is 8.98. The van der Waals surface area contributed by atoms with E-state index in [2.05, 4.69) is 0 Å². The van der Waals surface area contributed by atoms with Crippen molar-refractivity contribution in [2.75, 3.05) is 0 Å². The van der Waals surface area contributed by atoms with Crippen molar-refractivity contribution in [1.29, 1.82) is 0 Å². The summed E-state index contributed by atoms with van der Waals surface area (Å²) in [4.78, 5) is 39.1. The topological polar surface area (TPSA) is 82.1 Å². The van der Waals surface area contributed by atoms with E-state index in [9.17, 15) is 14.4 Å². The molecule has 0 saturated heterocycles. The largest absolute Gasteiger partial charge is 0.459 e. The molecule has 1 aromatic carbocycles. The minimum absolute atomic E-state index is 0.0381. The molecule has 0 radical (unpaired) electrons. The Bertz CT molecular complexity index is 659. The van der Waals surface area contributed by atoms with Gasteiger partial charge < -0.3 is 14.2 Å². The van der Waals surface area contributed by atoms with Gasteiger partial charge in [0.2, 0.25) is 0 Å². The Kier molecular flexibility index (Phi) is 8.67. The summed E-state index contributed by atoms with van der Waals surface area (Å²) in [7, 11) is 0. The van der Waals surface area contributed by atoms with E-state index in [4.69, 9.17) is 14.2 Å². The van der Waals surface area contributed by atoms with Gasteiger partial charge in [-0.05, 0) is 53.5 Å². The predicted octanol–water partition coefficient (Wildman–Crippen LogP) is 5.07. The van der Waals surface area contributed by atoms with Crippen molar-refractivity contribution in [3.63, 3.8) is 0 Å². The van der Waals surface area contributed by atoms with Gasteiger partial charge in [-0.2, -0.15) is 4.90 Å². The van der Waals surface area contributed by atoms with Crippen LogP contribution in [-0.2, 0) is 25.6 Å². The third-order valence-electron chi connectivity index (χ3n) is 3.55. The average molecular weight is 408 g/mol. The molecule has 0 aliphatic heterocycles. The van der Waals surface area contributed by atoms with Crippen LogP contribution in [0.15, 0.2) is 30.3 Å². The molecule has 0 N–H and O–H groups in total. The molecule has 1 atom stereocenters. The van der Waals surface area contributed by atoms with Gasteiger partial charge in [-0.15, -0.1) is 0 Å². The van der Waals surface area contributed by atoms with Crippen LogP contribution < -0.4 is 0 Å². The normalized spacial score (nSPS) is 12.7. The molecule has 0 aromatic heterocycles. The number of nitrogens with zero attached hydrogens (tertiary/aromatic N) is 1. The first kappa shape index (κ1) is 24.5. The summed E-state index contributed by atoms with van der Waals surface area (Å²) >= 11 is 0. The van der Waals surface area contributed by atoms with Crippen molar-refractivity contribution in [2.24, 2.45) is 0 Å². The second kappa shape index (κ2) is 10.3.